The topological polar surface area (TPSA) is 24.9 Å². The van der Waals surface area contributed by atoms with Gasteiger partial charge in [0.2, 0.25) is 0 Å². The van der Waals surface area contributed by atoms with Crippen LogP contribution >= 0.6 is 0 Å². The van der Waals surface area contributed by atoms with Crippen LogP contribution in [-0.2, 0) is 0 Å². The van der Waals surface area contributed by atoms with Gasteiger partial charge in [0.25, 0.3) is 0 Å². The maximum absolute atomic E-state index is 4.02. The van der Waals surface area contributed by atoms with Crippen molar-refractivity contribution >= 4 is 0 Å². The van der Waals surface area contributed by atoms with Crippen LogP contribution < -0.4 is 5.32 Å². The lowest BCUT2D eigenvalue weighted by atomic mass is 9.85. The molecule has 1 atom stereocenters. The lowest BCUT2D eigenvalue weighted by Crippen LogP contribution is -2.29. The summed E-state index contributed by atoms with van der Waals surface area (Å²) in [6.45, 7) is 3.39. The number of rotatable bonds is 4. The van der Waals surface area contributed by atoms with E-state index in [1.807, 2.05) is 12.4 Å². The van der Waals surface area contributed by atoms with Gasteiger partial charge in [0.05, 0.1) is 0 Å². The van der Waals surface area contributed by atoms with Crippen LogP contribution in [0.15, 0.2) is 24.5 Å². The van der Waals surface area contributed by atoms with Crippen molar-refractivity contribution in [2.75, 3.05) is 6.54 Å². The molecular formula is C12H18N2. The monoisotopic (exact) mass is 190 g/mol. The van der Waals surface area contributed by atoms with Gasteiger partial charge in [-0.25, -0.2) is 0 Å². The fourth-order valence-electron chi connectivity index (χ4n) is 1.81. The summed E-state index contributed by atoms with van der Waals surface area (Å²) in [6.07, 6.45) is 7.97. The molecule has 1 N–H and O–H groups in total. The second kappa shape index (κ2) is 4.56. The molecular weight excluding hydrogens is 172 g/mol. The van der Waals surface area contributed by atoms with Crippen LogP contribution in [0, 0.1) is 5.92 Å². The summed E-state index contributed by atoms with van der Waals surface area (Å²) in [4.78, 5) is 4.02. The summed E-state index contributed by atoms with van der Waals surface area (Å²) in [5.41, 5.74) is 1.33. The number of hydrogen-bond donors (Lipinski definition) is 1. The number of aromatic nitrogens is 1. The van der Waals surface area contributed by atoms with Crippen LogP contribution in [0.5, 0.6) is 0 Å². The van der Waals surface area contributed by atoms with Gasteiger partial charge in [-0.2, -0.15) is 0 Å². The number of pyridine rings is 1. The van der Waals surface area contributed by atoms with E-state index in [4.69, 9.17) is 0 Å². The first kappa shape index (κ1) is 9.66. The van der Waals surface area contributed by atoms with E-state index in [1.54, 1.807) is 0 Å². The lowest BCUT2D eigenvalue weighted by molar-refractivity contribution is 0.292. The summed E-state index contributed by atoms with van der Waals surface area (Å²) >= 11 is 0. The summed E-state index contributed by atoms with van der Waals surface area (Å²) in [5, 5.41) is 3.57. The molecule has 0 aromatic carbocycles. The predicted octanol–water partition coefficient (Wildman–Crippen LogP) is 2.53. The van der Waals surface area contributed by atoms with Crippen LogP contribution in [0.25, 0.3) is 0 Å². The highest BCUT2D eigenvalue weighted by Crippen LogP contribution is 2.26. The van der Waals surface area contributed by atoms with E-state index < -0.39 is 0 Å². The minimum atomic E-state index is 0.457. The average Bonchev–Trinajstić information content (AvgIpc) is 2.16. The largest absolute Gasteiger partial charge is 0.310 e. The third-order valence-electron chi connectivity index (χ3n) is 3.14. The molecule has 1 aliphatic carbocycles. The molecule has 1 aromatic heterocycles. The zero-order chi connectivity index (χ0) is 9.80. The van der Waals surface area contributed by atoms with Crippen LogP contribution in [0.3, 0.4) is 0 Å². The molecule has 1 aromatic rings. The molecule has 0 spiro atoms. The first-order valence-electron chi connectivity index (χ1n) is 5.49. The van der Waals surface area contributed by atoms with Gasteiger partial charge in [-0.05, 0) is 49.9 Å². The number of nitrogens with one attached hydrogen (secondary N) is 1. The van der Waals surface area contributed by atoms with Gasteiger partial charge in [0.15, 0.2) is 0 Å². The van der Waals surface area contributed by atoms with Crippen molar-refractivity contribution in [2.45, 2.75) is 32.2 Å². The standard InChI is InChI=1S/C12H18N2/c1-10(12-5-7-13-8-6-12)14-9-11-3-2-4-11/h5-8,10-11,14H,2-4,9H2,1H3. The highest BCUT2D eigenvalue weighted by Gasteiger charge is 2.17. The van der Waals surface area contributed by atoms with Crippen molar-refractivity contribution < 1.29 is 0 Å². The normalized spacial score (nSPS) is 18.9. The first-order chi connectivity index (χ1) is 6.86. The van der Waals surface area contributed by atoms with E-state index in [0.29, 0.717) is 6.04 Å². The summed E-state index contributed by atoms with van der Waals surface area (Å²) in [7, 11) is 0. The van der Waals surface area contributed by atoms with Crippen LogP contribution in [0.4, 0.5) is 0 Å². The Morgan fingerprint density at radius 1 is 1.43 bits per heavy atom. The van der Waals surface area contributed by atoms with Gasteiger partial charge in [0.1, 0.15) is 0 Å². The zero-order valence-electron chi connectivity index (χ0n) is 8.74. The minimum absolute atomic E-state index is 0.457. The van der Waals surface area contributed by atoms with Gasteiger partial charge in [-0.3, -0.25) is 4.98 Å². The van der Waals surface area contributed by atoms with Gasteiger partial charge in [-0.15, -0.1) is 0 Å². The smallest absolute Gasteiger partial charge is 0.0293 e. The molecule has 1 aliphatic rings. The van der Waals surface area contributed by atoms with E-state index >= 15 is 0 Å². The summed E-state index contributed by atoms with van der Waals surface area (Å²) < 4.78 is 0. The average molecular weight is 190 g/mol. The molecule has 1 heterocycles. The van der Waals surface area contributed by atoms with Crippen LogP contribution in [-0.4, -0.2) is 11.5 Å². The van der Waals surface area contributed by atoms with Crippen molar-refractivity contribution in [3.05, 3.63) is 30.1 Å². The molecule has 0 aliphatic heterocycles. The molecule has 76 valence electrons. The molecule has 1 unspecified atom stereocenters. The molecule has 14 heavy (non-hydrogen) atoms. The second-order valence-electron chi connectivity index (χ2n) is 4.21. The summed E-state index contributed by atoms with van der Waals surface area (Å²) in [6, 6.07) is 4.62. The minimum Gasteiger partial charge on any atom is -0.310 e. The van der Waals surface area contributed by atoms with Gasteiger partial charge >= 0.3 is 0 Å². The fraction of sp³-hybridized carbons (Fsp3) is 0.583. The molecule has 0 bridgehead atoms. The first-order valence-corrected chi connectivity index (χ1v) is 5.49. The van der Waals surface area contributed by atoms with E-state index in [9.17, 15) is 0 Å². The molecule has 0 amide bonds. The zero-order valence-corrected chi connectivity index (χ0v) is 8.74. The van der Waals surface area contributed by atoms with E-state index in [2.05, 4.69) is 29.4 Å². The molecule has 0 saturated heterocycles. The predicted molar refractivity (Wildman–Crippen MR) is 58.0 cm³/mol. The molecule has 1 saturated carbocycles. The van der Waals surface area contributed by atoms with Crippen molar-refractivity contribution in [1.82, 2.24) is 10.3 Å². The molecule has 2 nitrogen and oxygen atoms in total. The van der Waals surface area contributed by atoms with Gasteiger partial charge < -0.3 is 5.32 Å². The molecule has 0 radical (unpaired) electrons. The van der Waals surface area contributed by atoms with E-state index in [0.717, 1.165) is 5.92 Å². The van der Waals surface area contributed by atoms with Crippen molar-refractivity contribution in [2.24, 2.45) is 5.92 Å². The van der Waals surface area contributed by atoms with Crippen LogP contribution in [0.2, 0.25) is 0 Å². The highest BCUT2D eigenvalue weighted by atomic mass is 14.9. The Kier molecular flexibility index (Phi) is 3.14. The Hall–Kier alpha value is -0.890. The maximum atomic E-state index is 4.02. The Morgan fingerprint density at radius 2 is 2.14 bits per heavy atom. The summed E-state index contributed by atoms with van der Waals surface area (Å²) in [5.74, 6) is 0.930. The van der Waals surface area contributed by atoms with E-state index in [-0.39, 0.29) is 0 Å². The second-order valence-corrected chi connectivity index (χ2v) is 4.21. The Bertz CT molecular complexity index is 267. The van der Waals surface area contributed by atoms with E-state index in [1.165, 1.54) is 31.4 Å². The quantitative estimate of drug-likeness (QED) is 0.789. The SMILES string of the molecule is CC(NCC1CCC1)c1ccncc1. The number of nitrogens with zero attached hydrogens (tertiary/aromatic N) is 1. The van der Waals surface area contributed by atoms with Crippen molar-refractivity contribution in [3.8, 4) is 0 Å². The lowest BCUT2D eigenvalue weighted by Gasteiger charge is -2.27. The maximum Gasteiger partial charge on any atom is 0.0293 e. The third-order valence-corrected chi connectivity index (χ3v) is 3.14. The number of hydrogen-bond acceptors (Lipinski definition) is 2. The van der Waals surface area contributed by atoms with Crippen molar-refractivity contribution in [3.63, 3.8) is 0 Å². The third kappa shape index (κ3) is 2.32. The van der Waals surface area contributed by atoms with Crippen molar-refractivity contribution in [1.29, 1.82) is 0 Å². The molecule has 2 rings (SSSR count). The highest BCUT2D eigenvalue weighted by molar-refractivity contribution is 5.13. The van der Waals surface area contributed by atoms with Gasteiger partial charge in [-0.1, -0.05) is 6.42 Å². The Morgan fingerprint density at radius 3 is 2.71 bits per heavy atom. The Balaban J connectivity index is 1.80. The molecule has 1 fully saturated rings. The molecule has 2 heteroatoms. The van der Waals surface area contributed by atoms with Gasteiger partial charge in [0, 0.05) is 18.4 Å². The van der Waals surface area contributed by atoms with Crippen LogP contribution in [0.1, 0.15) is 37.8 Å². The Labute approximate surface area is 85.7 Å². The fourth-order valence-corrected chi connectivity index (χ4v) is 1.81.